The highest BCUT2D eigenvalue weighted by Gasteiger charge is 2.55. The highest BCUT2D eigenvalue weighted by atomic mass is 16.6. The number of aliphatic hydroxyl groups is 2. The maximum Gasteiger partial charge on any atom is 0.334 e. The number of carbonyl (C=O) groups excluding carboxylic acids is 1. The smallest absolute Gasteiger partial charge is 0.334 e. The monoisotopic (exact) mass is 350 g/mol. The molecule has 25 heavy (non-hydrogen) atoms. The molecule has 3 rings (SSSR count). The van der Waals surface area contributed by atoms with Crippen LogP contribution >= 0.6 is 0 Å². The van der Waals surface area contributed by atoms with E-state index < -0.39 is 24.3 Å². The van der Waals surface area contributed by atoms with Gasteiger partial charge in [0.25, 0.3) is 0 Å². The molecule has 7 unspecified atom stereocenters. The van der Waals surface area contributed by atoms with Gasteiger partial charge in [-0.2, -0.15) is 0 Å². The van der Waals surface area contributed by atoms with Crippen LogP contribution in [-0.4, -0.2) is 46.2 Å². The summed E-state index contributed by atoms with van der Waals surface area (Å²) in [6, 6.07) is 0. The highest BCUT2D eigenvalue weighted by Crippen LogP contribution is 2.48. The molecular formula is C20H30O5. The van der Waals surface area contributed by atoms with Crippen LogP contribution in [0.3, 0.4) is 0 Å². The second kappa shape index (κ2) is 6.86. The van der Waals surface area contributed by atoms with Gasteiger partial charge in [0.1, 0.15) is 6.10 Å². The lowest BCUT2D eigenvalue weighted by molar-refractivity contribution is -0.146. The third kappa shape index (κ3) is 3.69. The van der Waals surface area contributed by atoms with Crippen molar-refractivity contribution >= 4 is 5.97 Å². The summed E-state index contributed by atoms with van der Waals surface area (Å²) < 4.78 is 11.3. The van der Waals surface area contributed by atoms with Crippen LogP contribution in [0, 0.1) is 11.8 Å². The molecule has 5 heteroatoms. The highest BCUT2D eigenvalue weighted by molar-refractivity contribution is 5.90. The minimum atomic E-state index is -0.723. The van der Waals surface area contributed by atoms with Crippen molar-refractivity contribution in [2.75, 3.05) is 0 Å². The Hall–Kier alpha value is -1.17. The van der Waals surface area contributed by atoms with Gasteiger partial charge >= 0.3 is 5.97 Å². The van der Waals surface area contributed by atoms with Crippen molar-refractivity contribution in [1.82, 2.24) is 0 Å². The lowest BCUT2D eigenvalue weighted by Crippen LogP contribution is -2.37. The Kier molecular flexibility index (Phi) is 5.11. The average Bonchev–Trinajstić information content (AvgIpc) is 3.13. The van der Waals surface area contributed by atoms with Gasteiger partial charge in [-0.1, -0.05) is 20.1 Å². The largest absolute Gasteiger partial charge is 0.456 e. The molecular weight excluding hydrogens is 320 g/mol. The molecule has 0 aromatic rings. The van der Waals surface area contributed by atoms with Gasteiger partial charge in [0.15, 0.2) is 0 Å². The summed E-state index contributed by atoms with van der Waals surface area (Å²) in [6.45, 7) is 11.9. The fraction of sp³-hybridized carbons (Fsp3) is 0.750. The molecule has 0 bridgehead atoms. The number of fused-ring (bicyclic) bond motifs is 2. The molecule has 3 aliphatic rings. The van der Waals surface area contributed by atoms with E-state index in [9.17, 15) is 15.0 Å². The molecule has 2 heterocycles. The number of hydrogen-bond acceptors (Lipinski definition) is 5. The SMILES string of the molecule is C=C1CCCC(C)C(O)C2OC(=O)C(=C)C2CC2OC2(C)CCC1O. The molecule has 0 spiro atoms. The first-order valence-corrected chi connectivity index (χ1v) is 9.34. The van der Waals surface area contributed by atoms with Crippen LogP contribution in [0.1, 0.15) is 52.4 Å². The standard InChI is InChI=1S/C20H30O5/c1-11-6-5-7-12(2)17(22)18-14(13(3)19(23)24-18)10-16-20(4,25-16)9-8-15(11)21/h12,14-18,21-22H,1,3,5-10H2,2,4H3. The van der Waals surface area contributed by atoms with Crippen molar-refractivity contribution in [3.05, 3.63) is 24.3 Å². The van der Waals surface area contributed by atoms with Crippen LogP contribution in [0.5, 0.6) is 0 Å². The minimum absolute atomic E-state index is 0.00263. The van der Waals surface area contributed by atoms with E-state index in [1.807, 2.05) is 13.8 Å². The molecule has 0 aromatic heterocycles. The molecule has 2 N–H and O–H groups in total. The normalized spacial score (nSPS) is 46.0. The van der Waals surface area contributed by atoms with E-state index in [1.54, 1.807) is 0 Å². The molecule has 1 saturated carbocycles. The number of ether oxygens (including phenoxy) is 2. The average molecular weight is 350 g/mol. The summed E-state index contributed by atoms with van der Waals surface area (Å²) in [5.41, 5.74) is 0.992. The summed E-state index contributed by atoms with van der Waals surface area (Å²) in [7, 11) is 0. The van der Waals surface area contributed by atoms with E-state index in [4.69, 9.17) is 9.47 Å². The maximum absolute atomic E-state index is 12.0. The molecule has 3 fully saturated rings. The summed E-state index contributed by atoms with van der Waals surface area (Å²) in [5.74, 6) is -0.623. The van der Waals surface area contributed by atoms with Gasteiger partial charge in [-0.3, -0.25) is 0 Å². The summed E-state index contributed by atoms with van der Waals surface area (Å²) >= 11 is 0. The third-order valence-corrected chi connectivity index (χ3v) is 6.32. The molecule has 0 aromatic carbocycles. The molecule has 1 aliphatic carbocycles. The number of esters is 1. The van der Waals surface area contributed by atoms with Crippen molar-refractivity contribution < 1.29 is 24.5 Å². The van der Waals surface area contributed by atoms with Crippen LogP contribution in [-0.2, 0) is 14.3 Å². The molecule has 7 atom stereocenters. The Bertz CT molecular complexity index is 570. The van der Waals surface area contributed by atoms with Gasteiger partial charge in [0.2, 0.25) is 0 Å². The molecule has 2 saturated heterocycles. The first-order valence-electron chi connectivity index (χ1n) is 9.34. The van der Waals surface area contributed by atoms with Crippen molar-refractivity contribution in [1.29, 1.82) is 0 Å². The van der Waals surface area contributed by atoms with E-state index in [0.29, 0.717) is 18.4 Å². The van der Waals surface area contributed by atoms with Gasteiger partial charge < -0.3 is 19.7 Å². The van der Waals surface area contributed by atoms with Gasteiger partial charge in [-0.05, 0) is 56.9 Å². The lowest BCUT2D eigenvalue weighted by Gasteiger charge is -2.28. The molecule has 2 aliphatic heterocycles. The molecule has 5 nitrogen and oxygen atoms in total. The Morgan fingerprint density at radius 3 is 2.68 bits per heavy atom. The van der Waals surface area contributed by atoms with E-state index in [-0.39, 0.29) is 23.5 Å². The van der Waals surface area contributed by atoms with E-state index in [0.717, 1.165) is 31.3 Å². The first kappa shape index (κ1) is 18.6. The lowest BCUT2D eigenvalue weighted by atomic mass is 9.81. The number of hydrogen-bond donors (Lipinski definition) is 2. The quantitative estimate of drug-likeness (QED) is 0.304. The summed E-state index contributed by atoms with van der Waals surface area (Å²) in [5, 5.41) is 21.0. The summed E-state index contributed by atoms with van der Waals surface area (Å²) in [4.78, 5) is 12.0. The van der Waals surface area contributed by atoms with E-state index >= 15 is 0 Å². The van der Waals surface area contributed by atoms with Gasteiger partial charge in [-0.15, -0.1) is 0 Å². The second-order valence-corrected chi connectivity index (χ2v) is 8.23. The van der Waals surface area contributed by atoms with Crippen molar-refractivity contribution in [3.8, 4) is 0 Å². The van der Waals surface area contributed by atoms with Crippen molar-refractivity contribution in [2.45, 2.75) is 82.4 Å². The number of carbonyl (C=O) groups is 1. The van der Waals surface area contributed by atoms with Crippen molar-refractivity contribution in [3.63, 3.8) is 0 Å². The van der Waals surface area contributed by atoms with Crippen LogP contribution < -0.4 is 0 Å². The topological polar surface area (TPSA) is 79.3 Å². The zero-order valence-electron chi connectivity index (χ0n) is 15.2. The summed E-state index contributed by atoms with van der Waals surface area (Å²) in [6.07, 6.45) is 2.59. The van der Waals surface area contributed by atoms with Gasteiger partial charge in [0.05, 0.1) is 23.9 Å². The zero-order valence-corrected chi connectivity index (χ0v) is 15.2. The number of rotatable bonds is 0. The second-order valence-electron chi connectivity index (χ2n) is 8.23. The van der Waals surface area contributed by atoms with Crippen LogP contribution in [0.4, 0.5) is 0 Å². The fourth-order valence-corrected chi connectivity index (χ4v) is 4.19. The molecule has 0 radical (unpaired) electrons. The number of epoxide rings is 1. The predicted octanol–water partition coefficient (Wildman–Crippen LogP) is 2.51. The Balaban J connectivity index is 1.79. The van der Waals surface area contributed by atoms with Crippen LogP contribution in [0.25, 0.3) is 0 Å². The Morgan fingerprint density at radius 2 is 1.96 bits per heavy atom. The van der Waals surface area contributed by atoms with E-state index in [2.05, 4.69) is 13.2 Å². The zero-order chi connectivity index (χ0) is 18.4. The third-order valence-electron chi connectivity index (χ3n) is 6.32. The van der Waals surface area contributed by atoms with Crippen molar-refractivity contribution in [2.24, 2.45) is 11.8 Å². The molecule has 0 amide bonds. The molecule has 140 valence electrons. The maximum atomic E-state index is 12.0. The van der Waals surface area contributed by atoms with Gasteiger partial charge in [-0.25, -0.2) is 4.79 Å². The Labute approximate surface area is 149 Å². The first-order chi connectivity index (χ1) is 11.7. The Morgan fingerprint density at radius 1 is 1.24 bits per heavy atom. The van der Waals surface area contributed by atoms with Crippen LogP contribution in [0.15, 0.2) is 24.3 Å². The predicted molar refractivity (Wildman–Crippen MR) is 93.8 cm³/mol. The minimum Gasteiger partial charge on any atom is -0.456 e. The van der Waals surface area contributed by atoms with E-state index in [1.165, 1.54) is 0 Å². The van der Waals surface area contributed by atoms with Gasteiger partial charge in [0, 0.05) is 11.5 Å². The fourth-order valence-electron chi connectivity index (χ4n) is 4.19. The van der Waals surface area contributed by atoms with Crippen LogP contribution in [0.2, 0.25) is 0 Å². The number of aliphatic hydroxyl groups excluding tert-OH is 2.